The first-order valence-electron chi connectivity index (χ1n) is 8.58. The van der Waals surface area contributed by atoms with Crippen LogP contribution in [0.1, 0.15) is 24.1 Å². The van der Waals surface area contributed by atoms with Crippen LogP contribution in [-0.4, -0.2) is 18.6 Å². The van der Waals surface area contributed by atoms with Crippen molar-refractivity contribution in [3.8, 4) is 5.75 Å². The summed E-state index contributed by atoms with van der Waals surface area (Å²) in [6.45, 7) is 2.55. The Morgan fingerprint density at radius 3 is 2.69 bits per heavy atom. The average Bonchev–Trinajstić information content (AvgIpc) is 3.05. The van der Waals surface area contributed by atoms with E-state index >= 15 is 0 Å². The minimum atomic E-state index is -0.295. The number of hydrogen-bond donors (Lipinski definition) is 4. The fraction of sp³-hybridized carbons (Fsp3) is 0.316. The molecule has 1 heterocycles. The smallest absolute Gasteiger partial charge is 0.240 e. The Kier molecular flexibility index (Phi) is 6.26. The van der Waals surface area contributed by atoms with Gasteiger partial charge in [0.05, 0.1) is 23.0 Å². The highest BCUT2D eigenvalue weighted by Gasteiger charge is 2.39. The maximum atomic E-state index is 12.1. The van der Waals surface area contributed by atoms with Crippen LogP contribution in [-0.2, 0) is 11.2 Å². The molecule has 2 aromatic rings. The second-order valence-electron chi connectivity index (χ2n) is 6.36. The highest BCUT2D eigenvalue weighted by molar-refractivity contribution is 9.10. The maximum Gasteiger partial charge on any atom is 0.240 e. The van der Waals surface area contributed by atoms with Gasteiger partial charge in [-0.2, -0.15) is 0 Å². The lowest BCUT2D eigenvalue weighted by atomic mass is 9.89. The summed E-state index contributed by atoms with van der Waals surface area (Å²) in [7, 11) is 0. The molecule has 26 heavy (non-hydrogen) atoms. The zero-order chi connectivity index (χ0) is 18.5. The van der Waals surface area contributed by atoms with E-state index in [1.807, 2.05) is 43.3 Å². The van der Waals surface area contributed by atoms with Gasteiger partial charge >= 0.3 is 0 Å². The molecule has 0 saturated carbocycles. The van der Waals surface area contributed by atoms with Crippen molar-refractivity contribution in [2.75, 3.05) is 6.61 Å². The monoisotopic (exact) mass is 418 g/mol. The third-order valence-electron chi connectivity index (χ3n) is 4.62. The van der Waals surface area contributed by atoms with Gasteiger partial charge in [0.2, 0.25) is 5.91 Å². The number of benzene rings is 2. The Labute approximate surface area is 161 Å². The average molecular weight is 419 g/mol. The first-order valence-corrected chi connectivity index (χ1v) is 9.37. The lowest BCUT2D eigenvalue weighted by molar-refractivity contribution is -0.125. The number of carbonyl (C=O) groups is 1. The molecule has 1 aliphatic heterocycles. The molecule has 138 valence electrons. The minimum Gasteiger partial charge on any atom is -0.492 e. The summed E-state index contributed by atoms with van der Waals surface area (Å²) in [5.74, 6) is 5.62. The molecule has 0 bridgehead atoms. The third kappa shape index (κ3) is 4.24. The number of carbonyl (C=O) groups excluding carboxylic acids is 1. The maximum absolute atomic E-state index is 12.1. The minimum absolute atomic E-state index is 0.0240. The second-order valence-corrected chi connectivity index (χ2v) is 7.22. The van der Waals surface area contributed by atoms with Crippen LogP contribution < -0.4 is 26.9 Å². The SMILES string of the molecule is CC1NNC(c2ccc(OCCc3ccccc3)c(Br)c2)C1C(=O)NN. The standard InChI is InChI=1S/C19H23BrN4O2/c1-12-17(19(25)22-21)18(24-23-12)14-7-8-16(15(20)11-14)26-10-9-13-5-3-2-4-6-13/h2-8,11-12,17-18,23-24H,9-10,21H2,1H3,(H,22,25). The van der Waals surface area contributed by atoms with Crippen molar-refractivity contribution in [3.05, 3.63) is 64.1 Å². The topological polar surface area (TPSA) is 88.4 Å². The van der Waals surface area contributed by atoms with E-state index in [-0.39, 0.29) is 23.9 Å². The van der Waals surface area contributed by atoms with Gasteiger partial charge in [0.25, 0.3) is 0 Å². The van der Waals surface area contributed by atoms with E-state index in [0.29, 0.717) is 6.61 Å². The number of amides is 1. The van der Waals surface area contributed by atoms with Gasteiger partial charge in [0, 0.05) is 12.5 Å². The largest absolute Gasteiger partial charge is 0.492 e. The van der Waals surface area contributed by atoms with E-state index in [0.717, 1.165) is 22.2 Å². The molecule has 6 nitrogen and oxygen atoms in total. The summed E-state index contributed by atoms with van der Waals surface area (Å²) >= 11 is 3.57. The van der Waals surface area contributed by atoms with Crippen molar-refractivity contribution in [3.63, 3.8) is 0 Å². The molecule has 1 amide bonds. The van der Waals surface area contributed by atoms with E-state index in [2.05, 4.69) is 44.3 Å². The Bertz CT molecular complexity index is 756. The summed E-state index contributed by atoms with van der Waals surface area (Å²) < 4.78 is 6.75. The predicted octanol–water partition coefficient (Wildman–Crippen LogP) is 2.21. The van der Waals surface area contributed by atoms with Gasteiger partial charge in [-0.1, -0.05) is 36.4 Å². The van der Waals surface area contributed by atoms with Crippen LogP contribution >= 0.6 is 15.9 Å². The van der Waals surface area contributed by atoms with Crippen LogP contribution in [0.25, 0.3) is 0 Å². The fourth-order valence-corrected chi connectivity index (χ4v) is 3.72. The van der Waals surface area contributed by atoms with Crippen molar-refractivity contribution in [2.24, 2.45) is 11.8 Å². The molecule has 3 unspecified atom stereocenters. The molecule has 1 saturated heterocycles. The molecule has 0 radical (unpaired) electrons. The van der Waals surface area contributed by atoms with E-state index in [9.17, 15) is 4.79 Å². The summed E-state index contributed by atoms with van der Waals surface area (Å²) in [5.41, 5.74) is 10.8. The van der Waals surface area contributed by atoms with E-state index < -0.39 is 0 Å². The van der Waals surface area contributed by atoms with Gasteiger partial charge in [-0.3, -0.25) is 15.6 Å². The van der Waals surface area contributed by atoms with Crippen LogP contribution in [0.3, 0.4) is 0 Å². The summed E-state index contributed by atoms with van der Waals surface area (Å²) in [5, 5.41) is 0. The van der Waals surface area contributed by atoms with Crippen LogP contribution in [0, 0.1) is 5.92 Å². The Morgan fingerprint density at radius 1 is 1.23 bits per heavy atom. The van der Waals surface area contributed by atoms with E-state index in [1.54, 1.807) is 0 Å². The van der Waals surface area contributed by atoms with Crippen molar-refractivity contribution in [2.45, 2.75) is 25.4 Å². The molecule has 3 rings (SSSR count). The van der Waals surface area contributed by atoms with Gasteiger partial charge in [-0.15, -0.1) is 0 Å². The number of hydrogen-bond acceptors (Lipinski definition) is 5. The van der Waals surface area contributed by atoms with Gasteiger partial charge < -0.3 is 4.74 Å². The molecular formula is C19H23BrN4O2. The second kappa shape index (κ2) is 8.64. The van der Waals surface area contributed by atoms with Crippen molar-refractivity contribution in [1.82, 2.24) is 16.3 Å². The zero-order valence-electron chi connectivity index (χ0n) is 14.5. The first kappa shape index (κ1) is 18.8. The number of rotatable bonds is 6. The Balaban J connectivity index is 1.66. The van der Waals surface area contributed by atoms with Gasteiger partial charge in [-0.25, -0.2) is 11.3 Å². The molecule has 7 heteroatoms. The molecule has 5 N–H and O–H groups in total. The van der Waals surface area contributed by atoms with Gasteiger partial charge in [0.15, 0.2) is 0 Å². The lowest BCUT2D eigenvalue weighted by Gasteiger charge is -2.20. The van der Waals surface area contributed by atoms with Crippen molar-refractivity contribution < 1.29 is 9.53 Å². The molecular weight excluding hydrogens is 396 g/mol. The molecule has 3 atom stereocenters. The zero-order valence-corrected chi connectivity index (χ0v) is 16.1. The number of nitrogens with one attached hydrogen (secondary N) is 3. The number of halogens is 1. The molecule has 0 spiro atoms. The number of hydrazine groups is 2. The highest BCUT2D eigenvalue weighted by Crippen LogP contribution is 2.34. The fourth-order valence-electron chi connectivity index (χ4n) is 3.21. The van der Waals surface area contributed by atoms with Gasteiger partial charge in [-0.05, 0) is 46.1 Å². The molecule has 0 aliphatic carbocycles. The molecule has 1 aliphatic rings. The van der Waals surface area contributed by atoms with E-state index in [4.69, 9.17) is 10.6 Å². The Hall–Kier alpha value is -1.93. The Morgan fingerprint density at radius 2 is 2.00 bits per heavy atom. The number of ether oxygens (including phenoxy) is 1. The lowest BCUT2D eigenvalue weighted by Crippen LogP contribution is -2.41. The summed E-state index contributed by atoms with van der Waals surface area (Å²) in [6, 6.07) is 15.9. The normalized spacial score (nSPS) is 22.2. The van der Waals surface area contributed by atoms with Crippen molar-refractivity contribution >= 4 is 21.8 Å². The van der Waals surface area contributed by atoms with Crippen LogP contribution in [0.15, 0.2) is 53.0 Å². The van der Waals surface area contributed by atoms with Crippen LogP contribution in [0.2, 0.25) is 0 Å². The highest BCUT2D eigenvalue weighted by atomic mass is 79.9. The van der Waals surface area contributed by atoms with Crippen LogP contribution in [0.4, 0.5) is 0 Å². The molecule has 1 fully saturated rings. The third-order valence-corrected chi connectivity index (χ3v) is 5.24. The molecule has 2 aromatic carbocycles. The van der Waals surface area contributed by atoms with Gasteiger partial charge in [0.1, 0.15) is 5.75 Å². The first-order chi connectivity index (χ1) is 12.6. The van der Waals surface area contributed by atoms with Crippen molar-refractivity contribution in [1.29, 1.82) is 0 Å². The van der Waals surface area contributed by atoms with E-state index in [1.165, 1.54) is 5.56 Å². The summed E-state index contributed by atoms with van der Waals surface area (Å²) in [6.07, 6.45) is 0.847. The quantitative estimate of drug-likeness (QED) is 0.328. The van der Waals surface area contributed by atoms with Crippen LogP contribution in [0.5, 0.6) is 5.75 Å². The molecule has 0 aromatic heterocycles. The predicted molar refractivity (Wildman–Crippen MR) is 104 cm³/mol. The number of nitrogens with two attached hydrogens (primary N) is 1. The summed E-state index contributed by atoms with van der Waals surface area (Å²) in [4.78, 5) is 12.1.